The highest BCUT2D eigenvalue weighted by Gasteiger charge is 2.20. The lowest BCUT2D eigenvalue weighted by Gasteiger charge is -2.30. The van der Waals surface area contributed by atoms with Crippen LogP contribution < -0.4 is 10.0 Å². The molecular formula is C23H25FN4O3S2. The molecule has 0 spiro atoms. The summed E-state index contributed by atoms with van der Waals surface area (Å²) in [5.41, 5.74) is 0.897. The van der Waals surface area contributed by atoms with Gasteiger partial charge >= 0.3 is 0 Å². The number of anilines is 2. The summed E-state index contributed by atoms with van der Waals surface area (Å²) in [7, 11) is -4.07. The molecule has 1 fully saturated rings. The number of hydrogen-bond donors (Lipinski definition) is 2. The highest BCUT2D eigenvalue weighted by Crippen LogP contribution is 2.23. The molecule has 1 aliphatic rings. The van der Waals surface area contributed by atoms with Crippen LogP contribution >= 0.6 is 11.3 Å². The molecular weight excluding hydrogens is 463 g/mol. The van der Waals surface area contributed by atoms with Gasteiger partial charge in [0.2, 0.25) is 0 Å². The molecule has 7 nitrogen and oxygen atoms in total. The molecule has 3 aromatic rings. The number of nitrogens with one attached hydrogen (secondary N) is 2. The predicted molar refractivity (Wildman–Crippen MR) is 127 cm³/mol. The minimum atomic E-state index is -4.07. The smallest absolute Gasteiger partial charge is 0.262 e. The molecule has 174 valence electrons. The van der Waals surface area contributed by atoms with Crippen molar-refractivity contribution in [2.75, 3.05) is 23.1 Å². The number of para-hydroxylation sites is 1. The van der Waals surface area contributed by atoms with Gasteiger partial charge in [-0.05, 0) is 55.6 Å². The number of likely N-dealkylation sites (tertiary alicyclic amines) is 1. The molecule has 10 heteroatoms. The average Bonchev–Trinajstić information content (AvgIpc) is 3.22. The zero-order chi connectivity index (χ0) is 23.4. The average molecular weight is 489 g/mol. The van der Waals surface area contributed by atoms with E-state index in [4.69, 9.17) is 0 Å². The first-order valence-electron chi connectivity index (χ1n) is 10.7. The van der Waals surface area contributed by atoms with Gasteiger partial charge in [-0.3, -0.25) is 19.7 Å². The number of sulfonamides is 1. The first-order valence-corrected chi connectivity index (χ1v) is 13.0. The summed E-state index contributed by atoms with van der Waals surface area (Å²) >= 11 is 1.33. The van der Waals surface area contributed by atoms with Gasteiger partial charge in [0, 0.05) is 24.0 Å². The summed E-state index contributed by atoms with van der Waals surface area (Å²) in [6.07, 6.45) is 2.43. The number of thiazole rings is 1. The molecule has 2 heterocycles. The van der Waals surface area contributed by atoms with Crippen molar-refractivity contribution in [2.24, 2.45) is 5.92 Å². The molecule has 0 aliphatic carbocycles. The van der Waals surface area contributed by atoms with E-state index >= 15 is 0 Å². The molecule has 1 unspecified atom stereocenters. The minimum Gasteiger partial charge on any atom is -0.298 e. The Kier molecular flexibility index (Phi) is 7.06. The van der Waals surface area contributed by atoms with Crippen LogP contribution in [0.25, 0.3) is 0 Å². The Bertz CT molecular complexity index is 1250. The van der Waals surface area contributed by atoms with Crippen molar-refractivity contribution >= 4 is 38.1 Å². The lowest BCUT2D eigenvalue weighted by molar-refractivity contribution is 0.102. The van der Waals surface area contributed by atoms with Crippen molar-refractivity contribution in [1.82, 2.24) is 9.88 Å². The predicted octanol–water partition coefficient (Wildman–Crippen LogP) is 4.57. The van der Waals surface area contributed by atoms with Crippen molar-refractivity contribution < 1.29 is 17.6 Å². The quantitative estimate of drug-likeness (QED) is 0.509. The molecule has 2 aromatic carbocycles. The number of hydrogen-bond acceptors (Lipinski definition) is 6. The Morgan fingerprint density at radius 3 is 2.85 bits per heavy atom. The topological polar surface area (TPSA) is 91.4 Å². The Morgan fingerprint density at radius 1 is 1.24 bits per heavy atom. The third kappa shape index (κ3) is 5.95. The largest absolute Gasteiger partial charge is 0.298 e. The molecule has 33 heavy (non-hydrogen) atoms. The number of piperidine rings is 1. The monoisotopic (exact) mass is 488 g/mol. The summed E-state index contributed by atoms with van der Waals surface area (Å²) in [5.74, 6) is -0.480. The van der Waals surface area contributed by atoms with Crippen LogP contribution in [-0.2, 0) is 16.6 Å². The van der Waals surface area contributed by atoms with Crippen LogP contribution in [0.4, 0.5) is 15.2 Å². The van der Waals surface area contributed by atoms with Crippen molar-refractivity contribution in [3.63, 3.8) is 0 Å². The van der Waals surface area contributed by atoms with Gasteiger partial charge in [0.15, 0.2) is 5.13 Å². The highest BCUT2D eigenvalue weighted by atomic mass is 32.2. The summed E-state index contributed by atoms with van der Waals surface area (Å²) in [4.78, 5) is 19.4. The molecule has 1 atom stereocenters. The van der Waals surface area contributed by atoms with E-state index < -0.39 is 21.7 Å². The second-order valence-electron chi connectivity index (χ2n) is 8.19. The van der Waals surface area contributed by atoms with E-state index in [1.54, 1.807) is 0 Å². The lowest BCUT2D eigenvalue weighted by Crippen LogP contribution is -2.33. The van der Waals surface area contributed by atoms with E-state index in [0.717, 1.165) is 31.4 Å². The summed E-state index contributed by atoms with van der Waals surface area (Å²) in [6, 6.07) is 11.1. The summed E-state index contributed by atoms with van der Waals surface area (Å²) in [6.45, 7) is 5.08. The number of amides is 1. The first-order chi connectivity index (χ1) is 15.8. The maximum atomic E-state index is 13.9. The van der Waals surface area contributed by atoms with Crippen LogP contribution in [0.2, 0.25) is 0 Å². The Labute approximate surface area is 196 Å². The summed E-state index contributed by atoms with van der Waals surface area (Å²) in [5, 5.41) is 5.12. The molecule has 0 saturated carbocycles. The molecule has 1 saturated heterocycles. The van der Waals surface area contributed by atoms with Gasteiger partial charge in [-0.1, -0.05) is 25.1 Å². The van der Waals surface area contributed by atoms with Crippen molar-refractivity contribution in [3.05, 3.63) is 71.0 Å². The van der Waals surface area contributed by atoms with Gasteiger partial charge in [0.05, 0.1) is 16.3 Å². The van der Waals surface area contributed by atoms with Crippen LogP contribution in [0.1, 0.15) is 35.8 Å². The number of carbonyl (C=O) groups excluding carboxylic acids is 1. The SMILES string of the molecule is CC1CCCN(Cc2csc(NC(=O)c3cccc(S(=O)(=O)Nc4ccccc4F)c3)n2)C1. The Balaban J connectivity index is 1.43. The second kappa shape index (κ2) is 9.98. The first kappa shape index (κ1) is 23.3. The van der Waals surface area contributed by atoms with Gasteiger partial charge in [0.25, 0.3) is 15.9 Å². The lowest BCUT2D eigenvalue weighted by atomic mass is 10.0. The fourth-order valence-corrected chi connectivity index (χ4v) is 5.63. The molecule has 1 amide bonds. The van der Waals surface area contributed by atoms with Crippen LogP contribution in [0.15, 0.2) is 58.8 Å². The number of nitrogens with zero attached hydrogens (tertiary/aromatic N) is 2. The number of rotatable bonds is 7. The Morgan fingerprint density at radius 2 is 2.06 bits per heavy atom. The fraction of sp³-hybridized carbons (Fsp3) is 0.304. The molecule has 1 aliphatic heterocycles. The van der Waals surface area contributed by atoms with Gasteiger partial charge in [-0.15, -0.1) is 11.3 Å². The number of aromatic nitrogens is 1. The third-order valence-electron chi connectivity index (χ3n) is 5.42. The van der Waals surface area contributed by atoms with Gasteiger partial charge in [-0.2, -0.15) is 0 Å². The maximum absolute atomic E-state index is 13.9. The molecule has 0 bridgehead atoms. The van der Waals surface area contributed by atoms with E-state index in [0.29, 0.717) is 11.0 Å². The van der Waals surface area contributed by atoms with Crippen molar-refractivity contribution in [1.29, 1.82) is 0 Å². The maximum Gasteiger partial charge on any atom is 0.262 e. The third-order valence-corrected chi connectivity index (χ3v) is 7.59. The zero-order valence-corrected chi connectivity index (χ0v) is 19.8. The molecule has 2 N–H and O–H groups in total. The van der Waals surface area contributed by atoms with Gasteiger partial charge in [0.1, 0.15) is 5.82 Å². The van der Waals surface area contributed by atoms with Gasteiger partial charge < -0.3 is 0 Å². The molecule has 1 aromatic heterocycles. The van der Waals surface area contributed by atoms with E-state index in [1.165, 1.54) is 66.6 Å². The highest BCUT2D eigenvalue weighted by molar-refractivity contribution is 7.92. The standard InChI is InChI=1S/C23H25FN4O3S2/c1-16-6-5-11-28(13-16)14-18-15-32-23(25-18)26-22(29)17-7-4-8-19(12-17)33(30,31)27-21-10-3-2-9-20(21)24/h2-4,7-10,12,15-16,27H,5-6,11,13-14H2,1H3,(H,25,26,29). The van der Waals surface area contributed by atoms with Crippen LogP contribution in [0.5, 0.6) is 0 Å². The second-order valence-corrected chi connectivity index (χ2v) is 10.7. The normalized spacial score (nSPS) is 17.0. The Hall–Kier alpha value is -2.82. The van der Waals surface area contributed by atoms with E-state index in [9.17, 15) is 17.6 Å². The number of benzene rings is 2. The molecule has 0 radical (unpaired) electrons. The van der Waals surface area contributed by atoms with Gasteiger partial charge in [-0.25, -0.2) is 17.8 Å². The van der Waals surface area contributed by atoms with Crippen molar-refractivity contribution in [2.45, 2.75) is 31.2 Å². The fourth-order valence-electron chi connectivity index (χ4n) is 3.82. The minimum absolute atomic E-state index is 0.141. The number of carbonyl (C=O) groups is 1. The number of halogens is 1. The zero-order valence-electron chi connectivity index (χ0n) is 18.1. The van der Waals surface area contributed by atoms with Crippen LogP contribution in [-0.4, -0.2) is 37.3 Å². The van der Waals surface area contributed by atoms with Crippen LogP contribution in [0.3, 0.4) is 0 Å². The van der Waals surface area contributed by atoms with E-state index in [2.05, 4.69) is 26.8 Å². The van der Waals surface area contributed by atoms with Crippen molar-refractivity contribution in [3.8, 4) is 0 Å². The van der Waals surface area contributed by atoms with Crippen LogP contribution in [0, 0.1) is 11.7 Å². The summed E-state index contributed by atoms with van der Waals surface area (Å²) < 4.78 is 41.4. The molecule has 4 rings (SSSR count). The van der Waals surface area contributed by atoms with E-state index in [1.807, 2.05) is 5.38 Å². The van der Waals surface area contributed by atoms with E-state index in [-0.39, 0.29) is 16.1 Å².